The topological polar surface area (TPSA) is 94.6 Å². The molecule has 1 saturated heterocycles. The van der Waals surface area contributed by atoms with E-state index in [1.165, 1.54) is 0 Å². The van der Waals surface area contributed by atoms with E-state index in [-0.39, 0.29) is 6.10 Å². The van der Waals surface area contributed by atoms with Crippen molar-refractivity contribution in [3.63, 3.8) is 0 Å². The number of anilines is 1. The van der Waals surface area contributed by atoms with E-state index in [2.05, 4.69) is 15.6 Å². The van der Waals surface area contributed by atoms with Crippen LogP contribution in [0.15, 0.2) is 42.6 Å². The quantitative estimate of drug-likeness (QED) is 0.679. The van der Waals surface area contributed by atoms with Gasteiger partial charge in [0.25, 0.3) is 0 Å². The molecule has 8 nitrogen and oxygen atoms in total. The molecule has 1 aliphatic rings. The van der Waals surface area contributed by atoms with E-state index < -0.39 is 6.09 Å². The number of aromatic nitrogens is 2. The first-order valence-electron chi connectivity index (χ1n) is 8.84. The molecule has 2 N–H and O–H groups in total. The molecule has 3 heterocycles. The van der Waals surface area contributed by atoms with Gasteiger partial charge in [-0.05, 0) is 36.4 Å². The number of methoxy groups -OCH3 is 2. The summed E-state index contributed by atoms with van der Waals surface area (Å²) in [4.78, 5) is 20.5. The van der Waals surface area contributed by atoms with Gasteiger partial charge in [-0.25, -0.2) is 9.78 Å². The highest BCUT2D eigenvalue weighted by Crippen LogP contribution is 2.33. The highest BCUT2D eigenvalue weighted by molar-refractivity contribution is 5.92. The van der Waals surface area contributed by atoms with Crippen LogP contribution in [0.4, 0.5) is 10.6 Å². The highest BCUT2D eigenvalue weighted by atomic mass is 16.6. The Bertz CT molecular complexity index is 1020. The van der Waals surface area contributed by atoms with Crippen molar-refractivity contribution < 1.29 is 19.0 Å². The summed E-state index contributed by atoms with van der Waals surface area (Å²) in [5.41, 5.74) is 2.43. The van der Waals surface area contributed by atoms with E-state index in [1.807, 2.05) is 36.4 Å². The number of ether oxygens (including phenoxy) is 3. The molecule has 28 heavy (non-hydrogen) atoms. The second-order valence-electron chi connectivity index (χ2n) is 6.29. The lowest BCUT2D eigenvalue weighted by Gasteiger charge is -2.14. The predicted octanol–water partition coefficient (Wildman–Crippen LogP) is 2.83. The minimum absolute atomic E-state index is 0.245. The van der Waals surface area contributed by atoms with Crippen LogP contribution in [-0.4, -0.2) is 49.5 Å². The number of fused-ring (bicyclic) bond motifs is 1. The third-order valence-electron chi connectivity index (χ3n) is 4.52. The Morgan fingerprint density at radius 3 is 2.82 bits per heavy atom. The molecule has 1 fully saturated rings. The number of alkyl carbamates (subject to hydrolysis) is 1. The smallest absolute Gasteiger partial charge is 0.407 e. The summed E-state index contributed by atoms with van der Waals surface area (Å²) in [5.74, 6) is 1.96. The van der Waals surface area contributed by atoms with Crippen LogP contribution in [0.1, 0.15) is 0 Å². The van der Waals surface area contributed by atoms with Crippen LogP contribution in [-0.2, 0) is 4.74 Å². The summed E-state index contributed by atoms with van der Waals surface area (Å²) in [6, 6.07) is 11.4. The van der Waals surface area contributed by atoms with E-state index in [9.17, 15) is 4.79 Å². The number of hydrogen-bond acceptors (Lipinski definition) is 7. The molecule has 0 unspecified atom stereocenters. The van der Waals surface area contributed by atoms with Gasteiger partial charge in [-0.15, -0.1) is 0 Å². The SMILES string of the molecule is COc1ccc(-c2cc3ncccc3c(NC[C@H]3CNC(=O)O3)n2)cc1OC. The van der Waals surface area contributed by atoms with Gasteiger partial charge in [0, 0.05) is 17.1 Å². The van der Waals surface area contributed by atoms with E-state index in [0.717, 1.165) is 22.2 Å². The first-order chi connectivity index (χ1) is 13.7. The third kappa shape index (κ3) is 3.48. The predicted molar refractivity (Wildman–Crippen MR) is 105 cm³/mol. The van der Waals surface area contributed by atoms with Gasteiger partial charge < -0.3 is 24.8 Å². The zero-order chi connectivity index (χ0) is 19.5. The van der Waals surface area contributed by atoms with Crippen molar-refractivity contribution in [2.24, 2.45) is 0 Å². The average Bonchev–Trinajstić information content (AvgIpc) is 3.16. The van der Waals surface area contributed by atoms with Crippen molar-refractivity contribution in [3.8, 4) is 22.8 Å². The maximum absolute atomic E-state index is 11.2. The summed E-state index contributed by atoms with van der Waals surface area (Å²) >= 11 is 0. The summed E-state index contributed by atoms with van der Waals surface area (Å²) in [6.07, 6.45) is 1.10. The van der Waals surface area contributed by atoms with Crippen LogP contribution in [0.3, 0.4) is 0 Å². The summed E-state index contributed by atoms with van der Waals surface area (Å²) < 4.78 is 15.9. The van der Waals surface area contributed by atoms with Crippen LogP contribution < -0.4 is 20.1 Å². The molecule has 0 aliphatic carbocycles. The number of amides is 1. The molecule has 4 rings (SSSR count). The summed E-state index contributed by atoms with van der Waals surface area (Å²) in [5, 5.41) is 6.82. The second kappa shape index (κ2) is 7.59. The van der Waals surface area contributed by atoms with Crippen molar-refractivity contribution >= 4 is 22.8 Å². The molecule has 2 aromatic heterocycles. The van der Waals surface area contributed by atoms with E-state index in [0.29, 0.717) is 30.4 Å². The number of nitrogens with zero attached hydrogens (tertiary/aromatic N) is 2. The fourth-order valence-corrected chi connectivity index (χ4v) is 3.11. The maximum Gasteiger partial charge on any atom is 0.407 e. The fourth-order valence-electron chi connectivity index (χ4n) is 3.11. The molecule has 0 spiro atoms. The maximum atomic E-state index is 11.2. The minimum Gasteiger partial charge on any atom is -0.493 e. The van der Waals surface area contributed by atoms with Gasteiger partial charge in [0.2, 0.25) is 0 Å². The van der Waals surface area contributed by atoms with E-state index in [4.69, 9.17) is 19.2 Å². The lowest BCUT2D eigenvalue weighted by molar-refractivity contribution is 0.145. The zero-order valence-electron chi connectivity index (χ0n) is 15.6. The Kier molecular flexibility index (Phi) is 4.84. The monoisotopic (exact) mass is 380 g/mol. The second-order valence-corrected chi connectivity index (χ2v) is 6.29. The standard InChI is InChI=1S/C20H20N4O4/c1-26-17-6-5-12(8-18(17)27-2)15-9-16-14(4-3-7-21-16)19(24-15)22-10-13-11-23-20(25)28-13/h3-9,13H,10-11H2,1-2H3,(H,22,24)(H,23,25)/t13-/m0/s1. The highest BCUT2D eigenvalue weighted by Gasteiger charge is 2.22. The number of pyridine rings is 2. The van der Waals surface area contributed by atoms with Crippen molar-refractivity contribution in [3.05, 3.63) is 42.6 Å². The molecule has 0 bridgehead atoms. The Morgan fingerprint density at radius 2 is 2.07 bits per heavy atom. The molecule has 3 aromatic rings. The Morgan fingerprint density at radius 1 is 1.21 bits per heavy atom. The number of hydrogen-bond donors (Lipinski definition) is 2. The number of nitrogens with one attached hydrogen (secondary N) is 2. The number of rotatable bonds is 6. The molecular formula is C20H20N4O4. The van der Waals surface area contributed by atoms with Crippen molar-refractivity contribution in [2.45, 2.75) is 6.10 Å². The number of cyclic esters (lactones) is 1. The molecular weight excluding hydrogens is 360 g/mol. The molecule has 0 saturated carbocycles. The first-order valence-corrected chi connectivity index (χ1v) is 8.84. The van der Waals surface area contributed by atoms with Crippen LogP contribution in [0.2, 0.25) is 0 Å². The van der Waals surface area contributed by atoms with Crippen molar-refractivity contribution in [2.75, 3.05) is 32.6 Å². The van der Waals surface area contributed by atoms with Crippen LogP contribution in [0.5, 0.6) is 11.5 Å². The summed E-state index contributed by atoms with van der Waals surface area (Å²) in [6.45, 7) is 0.919. The van der Waals surface area contributed by atoms with Crippen LogP contribution in [0, 0.1) is 0 Å². The minimum atomic E-state index is -0.398. The van der Waals surface area contributed by atoms with Crippen molar-refractivity contribution in [1.82, 2.24) is 15.3 Å². The first kappa shape index (κ1) is 17.8. The molecule has 1 amide bonds. The van der Waals surface area contributed by atoms with E-state index in [1.54, 1.807) is 20.4 Å². The third-order valence-corrected chi connectivity index (χ3v) is 4.52. The van der Waals surface area contributed by atoms with Gasteiger partial charge in [-0.1, -0.05) is 0 Å². The summed E-state index contributed by atoms with van der Waals surface area (Å²) in [7, 11) is 3.20. The molecule has 1 aromatic carbocycles. The normalized spacial score (nSPS) is 15.8. The van der Waals surface area contributed by atoms with E-state index >= 15 is 0 Å². The Balaban J connectivity index is 1.70. The van der Waals surface area contributed by atoms with Gasteiger partial charge in [0.05, 0.1) is 38.5 Å². The zero-order valence-corrected chi connectivity index (χ0v) is 15.6. The van der Waals surface area contributed by atoms with Crippen LogP contribution in [0.25, 0.3) is 22.2 Å². The average molecular weight is 380 g/mol. The fraction of sp³-hybridized carbons (Fsp3) is 0.250. The molecule has 1 atom stereocenters. The van der Waals surface area contributed by atoms with Gasteiger partial charge in [-0.3, -0.25) is 4.98 Å². The van der Waals surface area contributed by atoms with Gasteiger partial charge in [0.1, 0.15) is 11.9 Å². The van der Waals surface area contributed by atoms with Gasteiger partial charge in [0.15, 0.2) is 11.5 Å². The lowest BCUT2D eigenvalue weighted by Crippen LogP contribution is -2.24. The number of benzene rings is 1. The number of carbonyl (C=O) groups excluding carboxylic acids is 1. The lowest BCUT2D eigenvalue weighted by atomic mass is 10.1. The Hall–Kier alpha value is -3.55. The molecule has 0 radical (unpaired) electrons. The van der Waals surface area contributed by atoms with Gasteiger partial charge in [-0.2, -0.15) is 0 Å². The largest absolute Gasteiger partial charge is 0.493 e. The van der Waals surface area contributed by atoms with Gasteiger partial charge >= 0.3 is 6.09 Å². The molecule has 144 valence electrons. The molecule has 8 heteroatoms. The number of carbonyl (C=O) groups is 1. The molecule has 1 aliphatic heterocycles. The Labute approximate surface area is 161 Å². The van der Waals surface area contributed by atoms with Crippen LogP contribution >= 0.6 is 0 Å². The van der Waals surface area contributed by atoms with Crippen molar-refractivity contribution in [1.29, 1.82) is 0 Å².